The summed E-state index contributed by atoms with van der Waals surface area (Å²) in [5.74, 6) is -0.437. The van der Waals surface area contributed by atoms with Crippen LogP contribution in [0.15, 0.2) is 42.6 Å². The smallest absolute Gasteiger partial charge is 0.339 e. The fourth-order valence-electron chi connectivity index (χ4n) is 2.22. The van der Waals surface area contributed by atoms with Gasteiger partial charge in [-0.2, -0.15) is 0 Å². The number of pyridine rings is 1. The third kappa shape index (κ3) is 3.63. The summed E-state index contributed by atoms with van der Waals surface area (Å²) in [5.41, 5.74) is 2.39. The number of halogens is 1. The molecular weight excluding hydrogens is 327 g/mol. The molecule has 0 saturated heterocycles. The van der Waals surface area contributed by atoms with Gasteiger partial charge in [-0.25, -0.2) is 18.9 Å². The molecule has 0 aliphatic carbocycles. The van der Waals surface area contributed by atoms with Crippen LogP contribution in [-0.4, -0.2) is 33.1 Å². The van der Waals surface area contributed by atoms with Crippen molar-refractivity contribution >= 4 is 5.97 Å². The molecule has 0 spiro atoms. The van der Waals surface area contributed by atoms with Crippen molar-refractivity contribution in [1.82, 2.24) is 20.0 Å². The van der Waals surface area contributed by atoms with E-state index in [4.69, 9.17) is 4.74 Å². The van der Waals surface area contributed by atoms with Crippen LogP contribution in [0.1, 0.15) is 16.1 Å². The summed E-state index contributed by atoms with van der Waals surface area (Å²) in [5, 5.41) is 8.09. The molecule has 128 valence electrons. The van der Waals surface area contributed by atoms with E-state index >= 15 is 0 Å². The van der Waals surface area contributed by atoms with Crippen LogP contribution in [0.2, 0.25) is 0 Å². The number of aryl methyl sites for hydroxylation is 1. The highest BCUT2D eigenvalue weighted by Crippen LogP contribution is 2.22. The molecule has 25 heavy (non-hydrogen) atoms. The van der Waals surface area contributed by atoms with Gasteiger partial charge in [-0.05, 0) is 30.3 Å². The topological polar surface area (TPSA) is 79.1 Å². The van der Waals surface area contributed by atoms with Gasteiger partial charge in [0.1, 0.15) is 23.8 Å². The average Bonchev–Trinajstić information content (AvgIpc) is 3.01. The van der Waals surface area contributed by atoms with Gasteiger partial charge in [-0.1, -0.05) is 5.21 Å². The van der Waals surface area contributed by atoms with E-state index in [1.807, 2.05) is 0 Å². The predicted octanol–water partition coefficient (Wildman–Crippen LogP) is 2.38. The number of hydrogen-bond acceptors (Lipinski definition) is 6. The van der Waals surface area contributed by atoms with Gasteiger partial charge in [0.05, 0.1) is 12.7 Å². The number of benzene rings is 1. The third-order valence-corrected chi connectivity index (χ3v) is 3.57. The molecule has 0 radical (unpaired) electrons. The Morgan fingerprint density at radius 1 is 1.20 bits per heavy atom. The van der Waals surface area contributed by atoms with Crippen molar-refractivity contribution in [3.8, 4) is 17.1 Å². The van der Waals surface area contributed by atoms with Crippen LogP contribution in [0, 0.1) is 5.82 Å². The second-order valence-electron chi connectivity index (χ2n) is 5.18. The fourth-order valence-corrected chi connectivity index (χ4v) is 2.22. The zero-order valence-electron chi connectivity index (χ0n) is 13.6. The Balaban J connectivity index is 1.76. The minimum absolute atomic E-state index is 0.167. The number of carbonyl (C=O) groups is 1. The highest BCUT2D eigenvalue weighted by atomic mass is 19.1. The Kier molecular flexibility index (Phi) is 4.69. The minimum atomic E-state index is -0.464. The van der Waals surface area contributed by atoms with Gasteiger partial charge in [0.15, 0.2) is 0 Å². The van der Waals surface area contributed by atoms with E-state index < -0.39 is 5.97 Å². The van der Waals surface area contributed by atoms with Crippen molar-refractivity contribution in [3.05, 3.63) is 59.7 Å². The lowest BCUT2D eigenvalue weighted by Gasteiger charge is -2.07. The maximum atomic E-state index is 13.1. The van der Waals surface area contributed by atoms with E-state index in [0.717, 1.165) is 5.56 Å². The second-order valence-corrected chi connectivity index (χ2v) is 5.18. The molecule has 3 aromatic rings. The van der Waals surface area contributed by atoms with Gasteiger partial charge in [-0.3, -0.25) is 0 Å². The maximum absolute atomic E-state index is 13.1. The van der Waals surface area contributed by atoms with Crippen LogP contribution in [0.3, 0.4) is 0 Å². The zero-order valence-corrected chi connectivity index (χ0v) is 13.6. The molecular formula is C17H15FN4O3. The van der Waals surface area contributed by atoms with Gasteiger partial charge in [-0.15, -0.1) is 5.10 Å². The molecule has 7 nitrogen and oxygen atoms in total. The van der Waals surface area contributed by atoms with Gasteiger partial charge in [0, 0.05) is 24.9 Å². The second kappa shape index (κ2) is 7.08. The van der Waals surface area contributed by atoms with E-state index in [1.165, 1.54) is 25.4 Å². The Morgan fingerprint density at radius 3 is 2.60 bits per heavy atom. The largest absolute Gasteiger partial charge is 0.471 e. The first kappa shape index (κ1) is 16.6. The van der Waals surface area contributed by atoms with Crippen molar-refractivity contribution in [3.63, 3.8) is 0 Å². The summed E-state index contributed by atoms with van der Waals surface area (Å²) >= 11 is 0. The summed E-state index contributed by atoms with van der Waals surface area (Å²) in [6, 6.07) is 9.13. The average molecular weight is 342 g/mol. The molecule has 3 rings (SSSR count). The van der Waals surface area contributed by atoms with Crippen LogP contribution in [0.25, 0.3) is 11.3 Å². The van der Waals surface area contributed by atoms with Crippen molar-refractivity contribution in [2.45, 2.75) is 6.61 Å². The molecule has 0 aliphatic heterocycles. The maximum Gasteiger partial charge on any atom is 0.339 e. The number of nitrogens with zero attached hydrogens (tertiary/aromatic N) is 4. The molecule has 0 amide bonds. The first-order valence-electron chi connectivity index (χ1n) is 7.40. The lowest BCUT2D eigenvalue weighted by Crippen LogP contribution is -2.06. The molecule has 0 saturated carbocycles. The van der Waals surface area contributed by atoms with E-state index in [9.17, 15) is 9.18 Å². The minimum Gasteiger partial charge on any atom is -0.471 e. The molecule has 2 aromatic heterocycles. The molecule has 8 heteroatoms. The molecule has 2 heterocycles. The first-order valence-corrected chi connectivity index (χ1v) is 7.40. The van der Waals surface area contributed by atoms with Crippen molar-refractivity contribution < 1.29 is 18.7 Å². The van der Waals surface area contributed by atoms with Crippen molar-refractivity contribution in [1.29, 1.82) is 0 Å². The monoisotopic (exact) mass is 342 g/mol. The number of aromatic nitrogens is 4. The molecule has 0 aliphatic rings. The number of rotatable bonds is 5. The summed E-state index contributed by atoms with van der Waals surface area (Å²) in [4.78, 5) is 15.5. The first-order chi connectivity index (χ1) is 12.1. The normalized spacial score (nSPS) is 10.5. The van der Waals surface area contributed by atoms with E-state index in [0.29, 0.717) is 22.8 Å². The predicted molar refractivity (Wildman–Crippen MR) is 86.3 cm³/mol. The van der Waals surface area contributed by atoms with Crippen LogP contribution in [0.5, 0.6) is 5.88 Å². The Morgan fingerprint density at radius 2 is 1.96 bits per heavy atom. The highest BCUT2D eigenvalue weighted by Gasteiger charge is 2.14. The number of methoxy groups -OCH3 is 1. The summed E-state index contributed by atoms with van der Waals surface area (Å²) < 4.78 is 24.9. The van der Waals surface area contributed by atoms with Crippen LogP contribution >= 0.6 is 0 Å². The number of ether oxygens (including phenoxy) is 2. The standard InChI is InChI=1S/C17H15FN4O3/c1-22-14(16(20-21-22)11-3-6-13(18)7-4-11)10-25-15-8-5-12(9-19-15)17(23)24-2/h3-9H,10H2,1-2H3. The number of hydrogen-bond donors (Lipinski definition) is 0. The lowest BCUT2D eigenvalue weighted by molar-refractivity contribution is 0.0600. The Bertz CT molecular complexity index is 876. The van der Waals surface area contributed by atoms with E-state index in [1.54, 1.807) is 36.0 Å². The number of carbonyl (C=O) groups excluding carboxylic acids is 1. The molecule has 0 atom stereocenters. The lowest BCUT2D eigenvalue weighted by atomic mass is 10.1. The SMILES string of the molecule is COC(=O)c1ccc(OCc2c(-c3ccc(F)cc3)nnn2C)nc1. The summed E-state index contributed by atoms with van der Waals surface area (Å²) in [6.45, 7) is 0.167. The van der Waals surface area contributed by atoms with Gasteiger partial charge < -0.3 is 9.47 Å². The van der Waals surface area contributed by atoms with Gasteiger partial charge in [0.25, 0.3) is 0 Å². The Hall–Kier alpha value is -3.29. The van der Waals surface area contributed by atoms with Crippen molar-refractivity contribution in [2.75, 3.05) is 7.11 Å². The number of esters is 1. The van der Waals surface area contributed by atoms with Gasteiger partial charge >= 0.3 is 5.97 Å². The fraction of sp³-hybridized carbons (Fsp3) is 0.176. The zero-order chi connectivity index (χ0) is 17.8. The molecule has 0 unspecified atom stereocenters. The quantitative estimate of drug-likeness (QED) is 0.663. The van der Waals surface area contributed by atoms with E-state index in [2.05, 4.69) is 20.0 Å². The van der Waals surface area contributed by atoms with Crippen molar-refractivity contribution in [2.24, 2.45) is 7.05 Å². The molecule has 0 N–H and O–H groups in total. The third-order valence-electron chi connectivity index (χ3n) is 3.57. The van der Waals surface area contributed by atoms with Crippen LogP contribution in [-0.2, 0) is 18.4 Å². The van der Waals surface area contributed by atoms with Crippen LogP contribution < -0.4 is 4.74 Å². The molecule has 0 bridgehead atoms. The van der Waals surface area contributed by atoms with Gasteiger partial charge in [0.2, 0.25) is 5.88 Å². The Labute approximate surface area is 143 Å². The van der Waals surface area contributed by atoms with Crippen LogP contribution in [0.4, 0.5) is 4.39 Å². The summed E-state index contributed by atoms with van der Waals surface area (Å²) in [7, 11) is 3.05. The molecule has 1 aromatic carbocycles. The molecule has 0 fully saturated rings. The van der Waals surface area contributed by atoms with E-state index in [-0.39, 0.29) is 12.4 Å². The highest BCUT2D eigenvalue weighted by molar-refractivity contribution is 5.88. The summed E-state index contributed by atoms with van der Waals surface area (Å²) in [6.07, 6.45) is 1.38.